The molecule has 1 aromatic carbocycles. The van der Waals surface area contributed by atoms with Crippen LogP contribution in [0.25, 0.3) is 5.65 Å². The SMILES string of the molecule is Cc1cc(OCc2c(F)cccc2F)c2nc(C)c(C(=O)NCCCC(=O)OC(C)(C)C)n2c1. The smallest absolute Gasteiger partial charge is 0.306 e. The molecule has 7 nitrogen and oxygen atoms in total. The van der Waals surface area contributed by atoms with Gasteiger partial charge in [-0.1, -0.05) is 6.07 Å². The van der Waals surface area contributed by atoms with E-state index < -0.39 is 17.2 Å². The van der Waals surface area contributed by atoms with Gasteiger partial charge in [-0.3, -0.25) is 14.0 Å². The van der Waals surface area contributed by atoms with Gasteiger partial charge in [0, 0.05) is 19.2 Å². The lowest BCUT2D eigenvalue weighted by atomic mass is 10.2. The van der Waals surface area contributed by atoms with E-state index >= 15 is 0 Å². The molecule has 0 fully saturated rings. The lowest BCUT2D eigenvalue weighted by Crippen LogP contribution is -2.28. The summed E-state index contributed by atoms with van der Waals surface area (Å²) in [6.07, 6.45) is 2.35. The summed E-state index contributed by atoms with van der Waals surface area (Å²) >= 11 is 0. The number of carbonyl (C=O) groups is 2. The number of carbonyl (C=O) groups excluding carboxylic acids is 2. The Bertz CT molecular complexity index is 1190. The molecule has 0 aliphatic carbocycles. The van der Waals surface area contributed by atoms with Crippen LogP contribution in [0, 0.1) is 25.5 Å². The minimum absolute atomic E-state index is 0.187. The monoisotopic (exact) mass is 473 g/mol. The maximum atomic E-state index is 14.0. The Morgan fingerprint density at radius 3 is 2.47 bits per heavy atom. The van der Waals surface area contributed by atoms with Crippen molar-refractivity contribution in [2.75, 3.05) is 6.54 Å². The zero-order valence-corrected chi connectivity index (χ0v) is 20.0. The maximum absolute atomic E-state index is 14.0. The quantitative estimate of drug-likeness (QED) is 0.380. The number of fused-ring (bicyclic) bond motifs is 1. The fraction of sp³-hybridized carbons (Fsp3) is 0.400. The molecule has 0 atom stereocenters. The number of nitrogens with one attached hydrogen (secondary N) is 1. The molecule has 0 radical (unpaired) electrons. The van der Waals surface area contributed by atoms with Gasteiger partial charge in [-0.25, -0.2) is 13.8 Å². The second-order valence-corrected chi connectivity index (χ2v) is 9.06. The number of benzene rings is 1. The average molecular weight is 474 g/mol. The number of ether oxygens (including phenoxy) is 2. The molecule has 3 rings (SSSR count). The molecule has 1 N–H and O–H groups in total. The third-order valence-corrected chi connectivity index (χ3v) is 4.91. The fourth-order valence-electron chi connectivity index (χ4n) is 3.47. The predicted octanol–water partition coefficient (Wildman–Crippen LogP) is 4.66. The molecule has 0 saturated heterocycles. The molecular formula is C25H29F2N3O4. The van der Waals surface area contributed by atoms with E-state index in [1.54, 1.807) is 44.4 Å². The fourth-order valence-corrected chi connectivity index (χ4v) is 3.47. The van der Waals surface area contributed by atoms with E-state index in [1.165, 1.54) is 18.2 Å². The van der Waals surface area contributed by atoms with E-state index in [0.717, 1.165) is 5.56 Å². The van der Waals surface area contributed by atoms with Gasteiger partial charge in [0.25, 0.3) is 5.91 Å². The highest BCUT2D eigenvalue weighted by atomic mass is 19.1. The Balaban J connectivity index is 1.73. The highest BCUT2D eigenvalue weighted by Gasteiger charge is 2.21. The number of nitrogens with zero attached hydrogens (tertiary/aromatic N) is 2. The standard InChI is InChI=1S/C25H29F2N3O4/c1-15-12-20(33-14-17-18(26)8-6-9-19(17)27)23-29-16(2)22(30(23)13-15)24(32)28-11-7-10-21(31)34-25(3,4)5/h6,8-9,12-13H,7,10-11,14H2,1-5H3,(H,28,32). The largest absolute Gasteiger partial charge is 0.485 e. The van der Waals surface area contributed by atoms with Crippen LogP contribution < -0.4 is 10.1 Å². The Morgan fingerprint density at radius 1 is 1.15 bits per heavy atom. The van der Waals surface area contributed by atoms with Crippen molar-refractivity contribution in [2.45, 2.75) is 59.7 Å². The van der Waals surface area contributed by atoms with Gasteiger partial charge in [-0.2, -0.15) is 0 Å². The van der Waals surface area contributed by atoms with Crippen molar-refractivity contribution in [1.82, 2.24) is 14.7 Å². The van der Waals surface area contributed by atoms with Gasteiger partial charge >= 0.3 is 5.97 Å². The van der Waals surface area contributed by atoms with Gasteiger partial charge in [-0.15, -0.1) is 0 Å². The zero-order valence-electron chi connectivity index (χ0n) is 20.0. The molecule has 0 saturated carbocycles. The van der Waals surface area contributed by atoms with E-state index in [1.807, 2.05) is 6.92 Å². The number of imidazole rings is 1. The van der Waals surface area contributed by atoms with Crippen LogP contribution in [0.4, 0.5) is 8.78 Å². The number of pyridine rings is 1. The number of amides is 1. The summed E-state index contributed by atoms with van der Waals surface area (Å²) in [6.45, 7) is 8.86. The second-order valence-electron chi connectivity index (χ2n) is 9.06. The highest BCUT2D eigenvalue weighted by Crippen LogP contribution is 2.26. The lowest BCUT2D eigenvalue weighted by Gasteiger charge is -2.19. The van der Waals surface area contributed by atoms with E-state index in [-0.39, 0.29) is 37.0 Å². The summed E-state index contributed by atoms with van der Waals surface area (Å²) in [6, 6.07) is 5.31. The van der Waals surface area contributed by atoms with Crippen molar-refractivity contribution in [1.29, 1.82) is 0 Å². The van der Waals surface area contributed by atoms with Crippen LogP contribution in [0.1, 0.15) is 60.9 Å². The van der Waals surface area contributed by atoms with Gasteiger partial charge in [0.1, 0.15) is 29.5 Å². The zero-order chi connectivity index (χ0) is 25.0. The van der Waals surface area contributed by atoms with Gasteiger partial charge in [0.15, 0.2) is 11.4 Å². The minimum Gasteiger partial charge on any atom is -0.485 e. The molecule has 3 aromatic rings. The number of aromatic nitrogens is 2. The van der Waals surface area contributed by atoms with Crippen molar-refractivity contribution in [3.8, 4) is 5.75 Å². The maximum Gasteiger partial charge on any atom is 0.306 e. The molecular weight excluding hydrogens is 444 g/mol. The predicted molar refractivity (Wildman–Crippen MR) is 123 cm³/mol. The minimum atomic E-state index is -0.699. The average Bonchev–Trinajstić information content (AvgIpc) is 3.05. The third kappa shape index (κ3) is 6.09. The number of esters is 1. The molecule has 0 spiro atoms. The van der Waals surface area contributed by atoms with E-state index in [4.69, 9.17) is 9.47 Å². The number of halogens is 2. The van der Waals surface area contributed by atoms with Crippen molar-refractivity contribution < 1.29 is 27.8 Å². The normalized spacial score (nSPS) is 11.5. The van der Waals surface area contributed by atoms with Crippen molar-refractivity contribution in [3.05, 3.63) is 64.6 Å². The van der Waals surface area contributed by atoms with Crippen LogP contribution in [-0.2, 0) is 16.1 Å². The summed E-state index contributed by atoms with van der Waals surface area (Å²) in [4.78, 5) is 29.2. The first-order valence-electron chi connectivity index (χ1n) is 11.0. The summed E-state index contributed by atoms with van der Waals surface area (Å²) in [5, 5.41) is 2.80. The molecule has 34 heavy (non-hydrogen) atoms. The highest BCUT2D eigenvalue weighted by molar-refractivity contribution is 5.95. The first kappa shape index (κ1) is 25.1. The van der Waals surface area contributed by atoms with Crippen LogP contribution in [0.15, 0.2) is 30.5 Å². The molecule has 2 aromatic heterocycles. The summed E-state index contributed by atoms with van der Waals surface area (Å²) in [7, 11) is 0. The van der Waals surface area contributed by atoms with E-state index in [9.17, 15) is 18.4 Å². The van der Waals surface area contributed by atoms with Crippen molar-refractivity contribution >= 4 is 17.5 Å². The van der Waals surface area contributed by atoms with Crippen LogP contribution in [-0.4, -0.2) is 33.4 Å². The Kier molecular flexibility index (Phi) is 7.54. The summed E-state index contributed by atoms with van der Waals surface area (Å²) < 4.78 is 40.5. The number of rotatable bonds is 8. The lowest BCUT2D eigenvalue weighted by molar-refractivity contribution is -0.154. The first-order chi connectivity index (χ1) is 16.0. The number of hydrogen-bond donors (Lipinski definition) is 1. The van der Waals surface area contributed by atoms with Crippen LogP contribution in [0.2, 0.25) is 0 Å². The van der Waals surface area contributed by atoms with Gasteiger partial charge in [0.2, 0.25) is 0 Å². The van der Waals surface area contributed by atoms with Crippen LogP contribution in [0.3, 0.4) is 0 Å². The third-order valence-electron chi connectivity index (χ3n) is 4.91. The molecule has 0 unspecified atom stereocenters. The summed E-state index contributed by atoms with van der Waals surface area (Å²) in [5.41, 5.74) is 1.18. The van der Waals surface area contributed by atoms with Gasteiger partial charge < -0.3 is 14.8 Å². The summed E-state index contributed by atoms with van der Waals surface area (Å²) in [5.74, 6) is -1.78. The molecule has 182 valence electrons. The Hall–Kier alpha value is -3.49. The molecule has 0 aliphatic rings. The molecule has 0 bridgehead atoms. The second kappa shape index (κ2) is 10.2. The van der Waals surface area contributed by atoms with E-state index in [2.05, 4.69) is 10.3 Å². The van der Waals surface area contributed by atoms with Crippen molar-refractivity contribution in [2.24, 2.45) is 0 Å². The molecule has 1 amide bonds. The Labute approximate surface area is 197 Å². The molecule has 2 heterocycles. The van der Waals surface area contributed by atoms with Crippen LogP contribution >= 0.6 is 0 Å². The number of aryl methyl sites for hydroxylation is 2. The topological polar surface area (TPSA) is 81.9 Å². The Morgan fingerprint density at radius 2 is 1.82 bits per heavy atom. The van der Waals surface area contributed by atoms with Gasteiger partial charge in [-0.05, 0) is 64.8 Å². The van der Waals surface area contributed by atoms with Gasteiger partial charge in [0.05, 0.1) is 11.3 Å². The molecule has 9 heteroatoms. The first-order valence-corrected chi connectivity index (χ1v) is 11.0. The molecule has 0 aliphatic heterocycles. The van der Waals surface area contributed by atoms with E-state index in [0.29, 0.717) is 29.2 Å². The number of hydrogen-bond acceptors (Lipinski definition) is 5. The van der Waals surface area contributed by atoms with Crippen LogP contribution in [0.5, 0.6) is 5.75 Å². The van der Waals surface area contributed by atoms with Crippen molar-refractivity contribution in [3.63, 3.8) is 0 Å².